The summed E-state index contributed by atoms with van der Waals surface area (Å²) in [6.07, 6.45) is 8.12. The minimum Gasteiger partial charge on any atom is -0.458 e. The number of carbonyl (C=O) groups is 4. The summed E-state index contributed by atoms with van der Waals surface area (Å²) in [5, 5.41) is 26.0. The fourth-order valence-corrected chi connectivity index (χ4v) is 8.50. The molecule has 0 aromatic carbocycles. The Morgan fingerprint density at radius 1 is 1.15 bits per heavy atom. The van der Waals surface area contributed by atoms with Crippen molar-refractivity contribution in [2.24, 2.45) is 28.6 Å². The second kappa shape index (κ2) is 10.8. The molecule has 40 heavy (non-hydrogen) atoms. The molecule has 1 heterocycles. The number of aliphatic hydroxyl groups is 2. The lowest BCUT2D eigenvalue weighted by atomic mass is 9.45. The standard InChI is InChI=1S/C31H40N2O7/c1-29-11-9-21(34)14-20(29)5-6-22-23-10-12-31(39,30(23,2)15-24(35)28(22)29)25(36)18-40-27(38)8-7-26(37)33-17-19-4-3-13-32-16-19/h3-4,13-14,16,22-24,28,35,39H,5-12,15,17-18H2,1-2H3,(H,33,37)/t22-,23-,24+,28+,29+,30+,31+/m1/s1. The van der Waals surface area contributed by atoms with E-state index in [1.54, 1.807) is 24.5 Å². The SMILES string of the molecule is C[C@]12CCC(=O)C=C1CC[C@H]1[C@H]2[C@@H](O)C[C@@]2(C)[C@@H]1CC[C@]2(O)C(=O)COC(=O)CCC(=O)NCc1cccnc1. The van der Waals surface area contributed by atoms with Crippen LogP contribution in [0.1, 0.15) is 77.2 Å². The lowest BCUT2D eigenvalue weighted by Crippen LogP contribution is -2.62. The zero-order valence-corrected chi connectivity index (χ0v) is 23.4. The van der Waals surface area contributed by atoms with E-state index < -0.39 is 35.5 Å². The van der Waals surface area contributed by atoms with Crippen molar-refractivity contribution < 1.29 is 34.1 Å². The molecule has 216 valence electrons. The maximum absolute atomic E-state index is 13.4. The smallest absolute Gasteiger partial charge is 0.306 e. The number of allylic oxidation sites excluding steroid dienone is 1. The van der Waals surface area contributed by atoms with E-state index in [0.29, 0.717) is 19.4 Å². The van der Waals surface area contributed by atoms with Crippen molar-refractivity contribution in [3.8, 4) is 0 Å². The van der Waals surface area contributed by atoms with Gasteiger partial charge in [0, 0.05) is 37.2 Å². The number of aromatic nitrogens is 1. The van der Waals surface area contributed by atoms with Crippen molar-refractivity contribution in [3.63, 3.8) is 0 Å². The number of amides is 1. The Morgan fingerprint density at radius 2 is 1.95 bits per heavy atom. The van der Waals surface area contributed by atoms with Crippen LogP contribution < -0.4 is 5.32 Å². The van der Waals surface area contributed by atoms with E-state index in [9.17, 15) is 29.4 Å². The molecular formula is C31H40N2O7. The first-order valence-corrected chi connectivity index (χ1v) is 14.5. The number of ketones is 2. The Balaban J connectivity index is 1.18. The third-order valence-corrected chi connectivity index (χ3v) is 10.6. The molecule has 0 bridgehead atoms. The summed E-state index contributed by atoms with van der Waals surface area (Å²) in [5.41, 5.74) is -0.819. The summed E-state index contributed by atoms with van der Waals surface area (Å²) in [7, 11) is 0. The molecule has 3 N–H and O–H groups in total. The second-order valence-electron chi connectivity index (χ2n) is 12.7. The fourth-order valence-electron chi connectivity index (χ4n) is 8.50. The summed E-state index contributed by atoms with van der Waals surface area (Å²) in [5.74, 6) is -1.22. The van der Waals surface area contributed by atoms with Crippen molar-refractivity contribution in [3.05, 3.63) is 41.7 Å². The highest BCUT2D eigenvalue weighted by atomic mass is 16.5. The largest absolute Gasteiger partial charge is 0.458 e. The van der Waals surface area contributed by atoms with E-state index in [1.807, 2.05) is 13.0 Å². The molecule has 4 aliphatic rings. The molecular weight excluding hydrogens is 512 g/mol. The molecule has 7 atom stereocenters. The first kappa shape index (κ1) is 28.6. The summed E-state index contributed by atoms with van der Waals surface area (Å²) in [6.45, 7) is 3.80. The quantitative estimate of drug-likeness (QED) is 0.418. The van der Waals surface area contributed by atoms with Gasteiger partial charge in [0.15, 0.2) is 12.4 Å². The highest BCUT2D eigenvalue weighted by molar-refractivity contribution is 5.92. The van der Waals surface area contributed by atoms with E-state index in [1.165, 1.54) is 0 Å². The molecule has 0 aliphatic heterocycles. The van der Waals surface area contributed by atoms with Crippen molar-refractivity contribution in [2.75, 3.05) is 6.61 Å². The van der Waals surface area contributed by atoms with Crippen LogP contribution in [0.2, 0.25) is 0 Å². The van der Waals surface area contributed by atoms with Crippen LogP contribution >= 0.6 is 0 Å². The lowest BCUT2D eigenvalue weighted by Gasteiger charge is -2.60. The number of carbonyl (C=O) groups excluding carboxylic acids is 4. The predicted molar refractivity (Wildman–Crippen MR) is 144 cm³/mol. The maximum atomic E-state index is 13.4. The number of fused-ring (bicyclic) bond motifs is 5. The van der Waals surface area contributed by atoms with Crippen LogP contribution in [0.4, 0.5) is 0 Å². The summed E-state index contributed by atoms with van der Waals surface area (Å²) < 4.78 is 5.21. The van der Waals surface area contributed by atoms with Crippen LogP contribution in [0, 0.1) is 28.6 Å². The third-order valence-electron chi connectivity index (χ3n) is 10.6. The van der Waals surface area contributed by atoms with Crippen LogP contribution in [0.3, 0.4) is 0 Å². The predicted octanol–water partition coefficient (Wildman–Crippen LogP) is 2.82. The Hall–Kier alpha value is -2.91. The Bertz CT molecular complexity index is 1220. The topological polar surface area (TPSA) is 143 Å². The van der Waals surface area contributed by atoms with Crippen LogP contribution in [-0.2, 0) is 30.5 Å². The number of rotatable bonds is 8. The molecule has 1 aromatic rings. The molecule has 3 fully saturated rings. The summed E-state index contributed by atoms with van der Waals surface area (Å²) >= 11 is 0. The van der Waals surface area contributed by atoms with Crippen LogP contribution in [0.5, 0.6) is 0 Å². The van der Waals surface area contributed by atoms with Crippen LogP contribution in [-0.4, -0.2) is 57.0 Å². The maximum Gasteiger partial charge on any atom is 0.306 e. The number of aliphatic hydroxyl groups excluding tert-OH is 1. The number of hydrogen-bond donors (Lipinski definition) is 3. The molecule has 3 saturated carbocycles. The number of nitrogens with zero attached hydrogens (tertiary/aromatic N) is 1. The van der Waals surface area contributed by atoms with Gasteiger partial charge in [0.25, 0.3) is 0 Å². The van der Waals surface area contributed by atoms with E-state index in [4.69, 9.17) is 4.74 Å². The van der Waals surface area contributed by atoms with Gasteiger partial charge in [0.2, 0.25) is 11.7 Å². The van der Waals surface area contributed by atoms with E-state index in [2.05, 4.69) is 17.2 Å². The van der Waals surface area contributed by atoms with Gasteiger partial charge >= 0.3 is 5.97 Å². The molecule has 0 radical (unpaired) electrons. The Kier molecular flexibility index (Phi) is 7.74. The van der Waals surface area contributed by atoms with Gasteiger partial charge in [-0.2, -0.15) is 0 Å². The van der Waals surface area contributed by atoms with Gasteiger partial charge in [0.1, 0.15) is 5.60 Å². The second-order valence-corrected chi connectivity index (χ2v) is 12.7. The average Bonchev–Trinajstić information content (AvgIpc) is 3.20. The van der Waals surface area contributed by atoms with Crippen molar-refractivity contribution in [2.45, 2.75) is 89.9 Å². The molecule has 1 aromatic heterocycles. The zero-order valence-electron chi connectivity index (χ0n) is 23.4. The van der Waals surface area contributed by atoms with E-state index in [-0.39, 0.29) is 60.5 Å². The summed E-state index contributed by atoms with van der Waals surface area (Å²) in [6, 6.07) is 3.60. The van der Waals surface area contributed by atoms with Gasteiger partial charge < -0.3 is 20.3 Å². The molecule has 9 heteroatoms. The zero-order chi connectivity index (χ0) is 28.7. The fraction of sp³-hybridized carbons (Fsp3) is 0.645. The van der Waals surface area contributed by atoms with Crippen LogP contribution in [0.15, 0.2) is 36.2 Å². The van der Waals surface area contributed by atoms with Crippen molar-refractivity contribution in [1.82, 2.24) is 10.3 Å². The molecule has 0 spiro atoms. The van der Waals surface area contributed by atoms with E-state index in [0.717, 1.165) is 30.4 Å². The minimum absolute atomic E-state index is 0.0155. The number of ether oxygens (including phenoxy) is 1. The minimum atomic E-state index is -1.70. The number of hydrogen-bond acceptors (Lipinski definition) is 8. The monoisotopic (exact) mass is 552 g/mol. The van der Waals surface area contributed by atoms with E-state index >= 15 is 0 Å². The van der Waals surface area contributed by atoms with Gasteiger partial charge in [0.05, 0.1) is 12.5 Å². The molecule has 4 aliphatic carbocycles. The highest BCUT2D eigenvalue weighted by Crippen LogP contribution is 2.67. The highest BCUT2D eigenvalue weighted by Gasteiger charge is 2.68. The summed E-state index contributed by atoms with van der Waals surface area (Å²) in [4.78, 5) is 53.9. The number of nitrogens with one attached hydrogen (secondary N) is 1. The average molecular weight is 553 g/mol. The lowest BCUT2D eigenvalue weighted by molar-refractivity contribution is -0.184. The normalized spacial score (nSPS) is 36.5. The van der Waals surface area contributed by atoms with Crippen molar-refractivity contribution in [1.29, 1.82) is 0 Å². The Morgan fingerprint density at radius 3 is 2.70 bits per heavy atom. The molecule has 5 rings (SSSR count). The van der Waals surface area contributed by atoms with Gasteiger partial charge in [-0.25, -0.2) is 0 Å². The third kappa shape index (κ3) is 4.91. The van der Waals surface area contributed by atoms with Crippen molar-refractivity contribution >= 4 is 23.4 Å². The number of esters is 1. The Labute approximate surface area is 234 Å². The number of Topliss-reactive ketones (excluding diaryl/α,β-unsaturated/α-hetero) is 1. The van der Waals surface area contributed by atoms with Crippen LogP contribution in [0.25, 0.3) is 0 Å². The molecule has 0 saturated heterocycles. The molecule has 9 nitrogen and oxygen atoms in total. The number of pyridine rings is 1. The van der Waals surface area contributed by atoms with Gasteiger partial charge in [-0.1, -0.05) is 25.5 Å². The van der Waals surface area contributed by atoms with Gasteiger partial charge in [-0.3, -0.25) is 24.2 Å². The molecule has 0 unspecified atom stereocenters. The first-order valence-electron chi connectivity index (χ1n) is 14.5. The molecule has 1 amide bonds. The first-order chi connectivity index (χ1) is 19.0. The van der Waals surface area contributed by atoms with Gasteiger partial charge in [-0.05, 0) is 79.4 Å². The van der Waals surface area contributed by atoms with Gasteiger partial charge in [-0.15, -0.1) is 0 Å².